The van der Waals surface area contributed by atoms with Crippen LogP contribution in [0.15, 0.2) is 0 Å². The van der Waals surface area contributed by atoms with Crippen LogP contribution in [0.5, 0.6) is 0 Å². The predicted octanol–water partition coefficient (Wildman–Crippen LogP) is -0.755. The number of hydrogen-bond acceptors (Lipinski definition) is 3. The molecule has 0 spiro atoms. The van der Waals surface area contributed by atoms with Crippen LogP contribution in [0.25, 0.3) is 0 Å². The molecule has 1 aliphatic rings. The van der Waals surface area contributed by atoms with Crippen molar-refractivity contribution in [3.63, 3.8) is 0 Å². The Bertz CT molecular complexity index is 148. The zero-order chi connectivity index (χ0) is 7.72. The lowest BCUT2D eigenvalue weighted by molar-refractivity contribution is -0.142. The molecule has 4 heteroatoms. The molecule has 1 rings (SSSR count). The molecule has 0 aromatic heterocycles. The molecule has 0 aliphatic carbocycles. The van der Waals surface area contributed by atoms with E-state index in [4.69, 9.17) is 10.2 Å². The first-order valence-corrected chi connectivity index (χ1v) is 3.27. The van der Waals surface area contributed by atoms with Gasteiger partial charge in [-0.15, -0.1) is 0 Å². The van der Waals surface area contributed by atoms with Crippen molar-refractivity contribution in [2.75, 3.05) is 6.54 Å². The molecule has 0 aromatic carbocycles. The van der Waals surface area contributed by atoms with E-state index in [1.165, 1.54) is 0 Å². The first kappa shape index (κ1) is 7.50. The van der Waals surface area contributed by atoms with Crippen molar-refractivity contribution in [2.45, 2.75) is 13.2 Å². The molecule has 0 saturated carbocycles. The lowest BCUT2D eigenvalue weighted by Gasteiger charge is -2.10. The summed E-state index contributed by atoms with van der Waals surface area (Å²) in [6.45, 7) is 2.10. The maximum Gasteiger partial charge on any atom is 0.308 e. The summed E-state index contributed by atoms with van der Waals surface area (Å²) in [6, 6.07) is 0. The summed E-state index contributed by atoms with van der Waals surface area (Å²) >= 11 is 0. The normalized spacial score (nSPS) is 40.0. The van der Waals surface area contributed by atoms with Gasteiger partial charge in [0.15, 0.2) is 0 Å². The van der Waals surface area contributed by atoms with E-state index in [0.29, 0.717) is 6.54 Å². The highest BCUT2D eigenvalue weighted by molar-refractivity contribution is 5.71. The summed E-state index contributed by atoms with van der Waals surface area (Å²) in [6.07, 6.45) is -0.652. The fourth-order valence-corrected chi connectivity index (χ4v) is 1.15. The van der Waals surface area contributed by atoms with Gasteiger partial charge in [-0.2, -0.15) is 0 Å². The average Bonchev–Trinajstić information content (AvgIpc) is 2.14. The van der Waals surface area contributed by atoms with Crippen molar-refractivity contribution >= 4 is 5.97 Å². The number of nitrogens with one attached hydrogen (secondary N) is 1. The average molecular weight is 145 g/mol. The van der Waals surface area contributed by atoms with E-state index < -0.39 is 18.1 Å². The van der Waals surface area contributed by atoms with E-state index in [-0.39, 0.29) is 5.92 Å². The van der Waals surface area contributed by atoms with Crippen molar-refractivity contribution in [2.24, 2.45) is 11.8 Å². The van der Waals surface area contributed by atoms with Crippen molar-refractivity contribution in [3.05, 3.63) is 0 Å². The van der Waals surface area contributed by atoms with E-state index in [2.05, 4.69) is 5.32 Å². The molecular weight excluding hydrogens is 134 g/mol. The van der Waals surface area contributed by atoms with Gasteiger partial charge < -0.3 is 10.2 Å². The minimum atomic E-state index is -0.837. The predicted molar refractivity (Wildman–Crippen MR) is 34.3 cm³/mol. The summed E-state index contributed by atoms with van der Waals surface area (Å²) in [5.41, 5.74) is 0. The Morgan fingerprint density at radius 2 is 2.30 bits per heavy atom. The van der Waals surface area contributed by atoms with Crippen molar-refractivity contribution in [3.8, 4) is 0 Å². The third-order valence-electron chi connectivity index (χ3n) is 2.00. The Labute approximate surface area is 58.9 Å². The van der Waals surface area contributed by atoms with Crippen molar-refractivity contribution in [1.82, 2.24) is 5.32 Å². The molecule has 1 heterocycles. The van der Waals surface area contributed by atoms with Crippen molar-refractivity contribution < 1.29 is 15.0 Å². The van der Waals surface area contributed by atoms with Crippen molar-refractivity contribution in [1.29, 1.82) is 0 Å². The van der Waals surface area contributed by atoms with Gasteiger partial charge >= 0.3 is 5.97 Å². The van der Waals surface area contributed by atoms with Gasteiger partial charge in [0.2, 0.25) is 0 Å². The number of carboxylic acids is 1. The highest BCUT2D eigenvalue weighted by atomic mass is 16.4. The van der Waals surface area contributed by atoms with Crippen LogP contribution in [-0.4, -0.2) is 29.0 Å². The number of rotatable bonds is 1. The highest BCUT2D eigenvalue weighted by Crippen LogP contribution is 2.19. The molecule has 1 aliphatic heterocycles. The molecule has 1 unspecified atom stereocenters. The molecular formula is C6H11NO3. The van der Waals surface area contributed by atoms with Crippen LogP contribution in [0.4, 0.5) is 0 Å². The molecule has 1 saturated heterocycles. The number of aliphatic hydroxyl groups excluding tert-OH is 1. The molecule has 0 bridgehead atoms. The van der Waals surface area contributed by atoms with Gasteiger partial charge in [-0.25, -0.2) is 0 Å². The second-order valence-electron chi connectivity index (χ2n) is 2.66. The van der Waals surface area contributed by atoms with E-state index in [1.54, 1.807) is 6.92 Å². The molecule has 3 N–H and O–H groups in total. The summed E-state index contributed by atoms with van der Waals surface area (Å²) in [7, 11) is 0. The maximum atomic E-state index is 10.4. The Morgan fingerprint density at radius 3 is 2.50 bits per heavy atom. The van der Waals surface area contributed by atoms with Gasteiger partial charge in [-0.1, -0.05) is 6.92 Å². The van der Waals surface area contributed by atoms with Crippen LogP contribution in [-0.2, 0) is 4.79 Å². The van der Waals surface area contributed by atoms with Crippen LogP contribution in [0.2, 0.25) is 0 Å². The zero-order valence-electron chi connectivity index (χ0n) is 5.74. The fourth-order valence-electron chi connectivity index (χ4n) is 1.15. The largest absolute Gasteiger partial charge is 0.481 e. The number of aliphatic hydroxyl groups is 1. The number of aliphatic carboxylic acids is 1. The SMILES string of the molecule is C[C@H]1C(O)NC[C@@H]1C(=O)O. The first-order valence-electron chi connectivity index (χ1n) is 3.27. The Kier molecular flexibility index (Phi) is 1.92. The number of hydrogen-bond donors (Lipinski definition) is 3. The van der Waals surface area contributed by atoms with E-state index in [1.807, 2.05) is 0 Å². The van der Waals surface area contributed by atoms with E-state index in [0.717, 1.165) is 0 Å². The standard InChI is InChI=1S/C6H11NO3/c1-3-4(6(9)10)2-7-5(3)8/h3-5,7-8H,2H2,1H3,(H,9,10)/t3-,4+,5?/m1/s1. The molecule has 0 radical (unpaired) electrons. The molecule has 58 valence electrons. The highest BCUT2D eigenvalue weighted by Gasteiger charge is 2.35. The van der Waals surface area contributed by atoms with Gasteiger partial charge in [0.1, 0.15) is 6.23 Å². The summed E-state index contributed by atoms with van der Waals surface area (Å²) in [4.78, 5) is 10.4. The Hall–Kier alpha value is -0.610. The second-order valence-corrected chi connectivity index (χ2v) is 2.66. The lowest BCUT2D eigenvalue weighted by atomic mass is 9.97. The molecule has 3 atom stereocenters. The minimum absolute atomic E-state index is 0.183. The number of carboxylic acid groups (broad SMARTS) is 1. The fraction of sp³-hybridized carbons (Fsp3) is 0.833. The molecule has 4 nitrogen and oxygen atoms in total. The van der Waals surface area contributed by atoms with Gasteiger partial charge in [0.05, 0.1) is 5.92 Å². The van der Waals surface area contributed by atoms with E-state index in [9.17, 15) is 4.79 Å². The van der Waals surface area contributed by atoms with Crippen LogP contribution in [0.1, 0.15) is 6.92 Å². The summed E-state index contributed by atoms with van der Waals surface area (Å²) < 4.78 is 0. The smallest absolute Gasteiger partial charge is 0.308 e. The molecule has 0 aromatic rings. The third-order valence-corrected chi connectivity index (χ3v) is 2.00. The zero-order valence-corrected chi connectivity index (χ0v) is 5.74. The summed E-state index contributed by atoms with van der Waals surface area (Å²) in [5.74, 6) is -1.45. The van der Waals surface area contributed by atoms with Crippen LogP contribution in [0.3, 0.4) is 0 Å². The second kappa shape index (κ2) is 2.56. The Balaban J connectivity index is 2.57. The molecule has 0 amide bonds. The minimum Gasteiger partial charge on any atom is -0.481 e. The molecule has 10 heavy (non-hydrogen) atoms. The summed E-state index contributed by atoms with van der Waals surface area (Å²) in [5, 5.41) is 20.3. The Morgan fingerprint density at radius 1 is 1.70 bits per heavy atom. The number of carbonyl (C=O) groups is 1. The lowest BCUT2D eigenvalue weighted by Crippen LogP contribution is -2.25. The topological polar surface area (TPSA) is 69.6 Å². The van der Waals surface area contributed by atoms with Gasteiger partial charge in [0, 0.05) is 12.5 Å². The van der Waals surface area contributed by atoms with Crippen LogP contribution in [0, 0.1) is 11.8 Å². The third kappa shape index (κ3) is 1.12. The van der Waals surface area contributed by atoms with Gasteiger partial charge in [-0.3, -0.25) is 10.1 Å². The van der Waals surface area contributed by atoms with Crippen LogP contribution >= 0.6 is 0 Å². The first-order chi connectivity index (χ1) is 4.63. The van der Waals surface area contributed by atoms with Gasteiger partial charge in [0.25, 0.3) is 0 Å². The maximum absolute atomic E-state index is 10.4. The van der Waals surface area contributed by atoms with E-state index >= 15 is 0 Å². The quantitative estimate of drug-likeness (QED) is 0.454. The van der Waals surface area contributed by atoms with Gasteiger partial charge in [-0.05, 0) is 0 Å². The van der Waals surface area contributed by atoms with Crippen LogP contribution < -0.4 is 5.32 Å². The molecule has 1 fully saturated rings. The monoisotopic (exact) mass is 145 g/mol.